The van der Waals surface area contributed by atoms with Crippen LogP contribution in [0.3, 0.4) is 0 Å². The van der Waals surface area contributed by atoms with E-state index in [9.17, 15) is 4.79 Å². The van der Waals surface area contributed by atoms with E-state index < -0.39 is 26.6 Å². The lowest BCUT2D eigenvalue weighted by molar-refractivity contribution is 0.149. The number of rotatable bonds is 7. The van der Waals surface area contributed by atoms with Crippen LogP contribution in [0.15, 0.2) is 36.4 Å². The molecule has 0 bridgehead atoms. The molecule has 0 aromatic heterocycles. The van der Waals surface area contributed by atoms with Gasteiger partial charge in [-0.3, -0.25) is 0 Å². The second kappa shape index (κ2) is 13.0. The quantitative estimate of drug-likeness (QED) is 0.608. The normalized spacial score (nSPS) is 20.9. The van der Waals surface area contributed by atoms with Gasteiger partial charge in [0, 0.05) is 16.2 Å². The topological polar surface area (TPSA) is 87.3 Å². The van der Waals surface area contributed by atoms with Crippen LogP contribution >= 0.6 is 12.4 Å². The van der Waals surface area contributed by atoms with Gasteiger partial charge in [-0.2, -0.15) is 0 Å². The molecular weight excluding hydrogens is 448 g/mol. The Morgan fingerprint density at radius 1 is 0.970 bits per heavy atom. The van der Waals surface area contributed by atoms with Crippen LogP contribution < -0.4 is 29.6 Å². The molecule has 2 heterocycles. The Balaban J connectivity index is 0.000000274. The molecule has 2 unspecified atom stereocenters. The van der Waals surface area contributed by atoms with Crippen molar-refractivity contribution in [2.45, 2.75) is 45.7 Å². The van der Waals surface area contributed by atoms with E-state index in [1.54, 1.807) is 44.2 Å². The number of likely N-dealkylation sites (N-methyl/N-ethyl adjacent to an activating group) is 1. The Morgan fingerprint density at radius 3 is 2.00 bits per heavy atom. The maximum absolute atomic E-state index is 11.3. The van der Waals surface area contributed by atoms with Crippen molar-refractivity contribution in [3.8, 4) is 23.0 Å². The summed E-state index contributed by atoms with van der Waals surface area (Å²) < 4.78 is 75.6. The number of carbonyl (C=O) groups is 1. The number of hydrogen-bond donors (Lipinski definition) is 2. The van der Waals surface area contributed by atoms with Crippen LogP contribution in [-0.2, 0) is 17.6 Å². The number of halogens is 1. The number of alkyl carbamates (subject to hydrolysis) is 1. The number of ether oxygens (including phenoxy) is 5. The summed E-state index contributed by atoms with van der Waals surface area (Å²) in [5.74, 6) is 1.44. The molecule has 2 atom stereocenters. The number of amides is 1. The summed E-state index contributed by atoms with van der Waals surface area (Å²) in [6, 6.07) is 9.90. The summed E-state index contributed by atoms with van der Waals surface area (Å²) in [5, 5.41) is 5.21. The van der Waals surface area contributed by atoms with Gasteiger partial charge in [0.25, 0.3) is 0 Å². The molecule has 0 fully saturated rings. The molecule has 2 aliphatic heterocycles. The van der Waals surface area contributed by atoms with E-state index in [0.717, 1.165) is 11.1 Å². The van der Waals surface area contributed by atoms with E-state index in [0.29, 0.717) is 42.4 Å². The van der Waals surface area contributed by atoms with Gasteiger partial charge in [0.1, 0.15) is 5.48 Å². The first-order valence-electron chi connectivity index (χ1n) is 13.8. The van der Waals surface area contributed by atoms with Crippen molar-refractivity contribution < 1.29 is 38.1 Å². The molecule has 2 aromatic rings. The Hall–Kier alpha value is -2.84. The second-order valence-electron chi connectivity index (χ2n) is 7.36. The minimum Gasteiger partial charge on any atom is -0.454 e. The van der Waals surface area contributed by atoms with E-state index in [4.69, 9.17) is 33.3 Å². The molecule has 2 N–H and O–H groups in total. The molecule has 2 aromatic carbocycles. The molecule has 9 heteroatoms. The fourth-order valence-electron chi connectivity index (χ4n) is 3.09. The summed E-state index contributed by atoms with van der Waals surface area (Å²) in [6.07, 6.45) is 0.633. The van der Waals surface area contributed by atoms with E-state index in [-0.39, 0.29) is 24.5 Å². The molecule has 0 saturated heterocycles. The Bertz CT molecular complexity index is 1170. The average Bonchev–Trinajstić information content (AvgIpc) is 3.24. The number of nitrogens with one attached hydrogen (secondary N) is 2. The van der Waals surface area contributed by atoms with Crippen LogP contribution in [0.2, 0.25) is 0 Å². The van der Waals surface area contributed by atoms with Gasteiger partial charge >= 0.3 is 6.09 Å². The van der Waals surface area contributed by atoms with E-state index in [2.05, 4.69) is 10.6 Å². The molecule has 182 valence electrons. The molecule has 0 radical (unpaired) electrons. The third-order valence-corrected chi connectivity index (χ3v) is 4.59. The molecule has 8 nitrogen and oxygen atoms in total. The highest BCUT2D eigenvalue weighted by Crippen LogP contribution is 2.33. The summed E-state index contributed by atoms with van der Waals surface area (Å²) in [6.45, 7) is -0.711. The van der Waals surface area contributed by atoms with Gasteiger partial charge in [-0.25, -0.2) is 4.79 Å². The number of carbonyl (C=O) groups excluding carboxylic acids is 1. The zero-order valence-corrected chi connectivity index (χ0v) is 19.4. The highest BCUT2D eigenvalue weighted by atomic mass is 35.5. The molecule has 4 rings (SSSR count). The highest BCUT2D eigenvalue weighted by molar-refractivity contribution is 5.85. The lowest BCUT2D eigenvalue weighted by atomic mass is 10.1. The molecular formula is C24H33ClN2O6. The summed E-state index contributed by atoms with van der Waals surface area (Å²) >= 11 is 0. The first-order valence-corrected chi connectivity index (χ1v) is 10.3. The minimum atomic E-state index is -2.17. The third kappa shape index (κ3) is 7.91. The standard InChI is InChI=1S/C13H17NO4.C11H15NO2.ClH/c1-3-16-13(15)14-9(2)6-10-4-5-11-12(7-10)18-8-17-11;1-8(12-2)5-9-3-4-10-11(6-9)14-7-13-10;/h4-5,7,9H,3,6,8H2,1-2H3,(H,14,15);3-4,6,8,12H,5,7H2,1-2H3;1H/i8D2;2D3,7D2;. The molecule has 33 heavy (non-hydrogen) atoms. The van der Waals surface area contributed by atoms with Crippen LogP contribution in [0.5, 0.6) is 23.0 Å². The second-order valence-corrected chi connectivity index (χ2v) is 7.36. The van der Waals surface area contributed by atoms with E-state index in [1.807, 2.05) is 13.0 Å². The molecule has 0 aliphatic carbocycles. The van der Waals surface area contributed by atoms with Crippen molar-refractivity contribution in [1.29, 1.82) is 0 Å². The summed E-state index contributed by atoms with van der Waals surface area (Å²) in [5.41, 5.74) is 1.76. The molecule has 0 saturated carbocycles. The predicted molar refractivity (Wildman–Crippen MR) is 128 cm³/mol. The van der Waals surface area contributed by atoms with Crippen LogP contribution in [0.1, 0.15) is 41.5 Å². The average molecular weight is 488 g/mol. The van der Waals surface area contributed by atoms with E-state index >= 15 is 0 Å². The van der Waals surface area contributed by atoms with Gasteiger partial charge in [0.2, 0.25) is 13.5 Å². The fourth-order valence-corrected chi connectivity index (χ4v) is 3.09. The van der Waals surface area contributed by atoms with Gasteiger partial charge in [0.05, 0.1) is 6.61 Å². The zero-order valence-electron chi connectivity index (χ0n) is 25.6. The maximum atomic E-state index is 11.3. The van der Waals surface area contributed by atoms with Crippen LogP contribution in [0.25, 0.3) is 0 Å². The lowest BCUT2D eigenvalue weighted by Gasteiger charge is -2.13. The SMILES string of the molecule is Cl.[2H]C([2H])([2H])NC(C)Cc1ccc2c(c1)OC([2H])([2H])O2.[2H]C1([2H])Oc2ccc(CC(C)NC(=O)OCC)cc2O1. The van der Waals surface area contributed by atoms with Gasteiger partial charge in [-0.1, -0.05) is 12.1 Å². The minimum absolute atomic E-state index is 0. The Kier molecular flexibility index (Phi) is 6.94. The van der Waals surface area contributed by atoms with Crippen molar-refractivity contribution >= 4 is 18.5 Å². The van der Waals surface area contributed by atoms with Crippen LogP contribution in [0, 0.1) is 0 Å². The van der Waals surface area contributed by atoms with Gasteiger partial charge in [0.15, 0.2) is 23.0 Å². The van der Waals surface area contributed by atoms with E-state index in [1.165, 1.54) is 0 Å². The zero-order chi connectivity index (χ0) is 29.0. The Labute approximate surface area is 211 Å². The molecule has 0 spiro atoms. The van der Waals surface area contributed by atoms with Gasteiger partial charge in [-0.15, -0.1) is 12.4 Å². The highest BCUT2D eigenvalue weighted by Gasteiger charge is 2.15. The largest absolute Gasteiger partial charge is 0.454 e. The summed E-state index contributed by atoms with van der Waals surface area (Å²) in [4.78, 5) is 11.3. The Morgan fingerprint density at radius 2 is 1.48 bits per heavy atom. The molecule has 2 aliphatic rings. The fraction of sp³-hybridized carbons (Fsp3) is 0.458. The predicted octanol–water partition coefficient (Wildman–Crippen LogP) is 4.08. The van der Waals surface area contributed by atoms with Crippen LogP contribution in [0.4, 0.5) is 4.79 Å². The molecule has 1 amide bonds. The third-order valence-electron chi connectivity index (χ3n) is 4.59. The van der Waals surface area contributed by atoms with Gasteiger partial charge in [-0.05, 0) is 76.0 Å². The smallest absolute Gasteiger partial charge is 0.407 e. The summed E-state index contributed by atoms with van der Waals surface area (Å²) in [7, 11) is 0. The van der Waals surface area contributed by atoms with Crippen molar-refractivity contribution in [1.82, 2.24) is 10.6 Å². The van der Waals surface area contributed by atoms with Crippen molar-refractivity contribution in [2.75, 3.05) is 27.1 Å². The monoisotopic (exact) mass is 487 g/mol. The first-order chi connectivity index (χ1) is 18.0. The lowest BCUT2D eigenvalue weighted by Crippen LogP contribution is -2.34. The van der Waals surface area contributed by atoms with Crippen molar-refractivity contribution in [3.63, 3.8) is 0 Å². The maximum Gasteiger partial charge on any atom is 0.407 e. The first kappa shape index (κ1) is 17.6. The van der Waals surface area contributed by atoms with Gasteiger partial charge < -0.3 is 34.3 Å². The number of benzene rings is 2. The number of fused-ring (bicyclic) bond motifs is 2. The van der Waals surface area contributed by atoms with Crippen LogP contribution in [-0.4, -0.2) is 45.2 Å². The van der Waals surface area contributed by atoms with Crippen molar-refractivity contribution in [3.05, 3.63) is 47.5 Å². The number of hydrogen-bond acceptors (Lipinski definition) is 7. The van der Waals surface area contributed by atoms with Crippen molar-refractivity contribution in [2.24, 2.45) is 0 Å².